The summed E-state index contributed by atoms with van der Waals surface area (Å²) in [7, 11) is 0. The summed E-state index contributed by atoms with van der Waals surface area (Å²) in [5, 5.41) is 21.3. The molecular formula is C13H11ClFNO4S. The molecule has 5 nitrogen and oxygen atoms in total. The molecule has 0 aliphatic heterocycles. The molecule has 1 heterocycles. The van der Waals surface area contributed by atoms with Crippen molar-refractivity contribution in [1.29, 1.82) is 0 Å². The maximum atomic E-state index is 13.1. The molecule has 1 amide bonds. The first-order valence-electron chi connectivity index (χ1n) is 5.84. The SMILES string of the molecule is CC(O)(CNC(=O)c1sc2cc(F)ccc2c1Cl)C(=O)O. The zero-order chi connectivity index (χ0) is 15.8. The number of aliphatic hydroxyl groups is 1. The molecule has 1 atom stereocenters. The van der Waals surface area contributed by atoms with Crippen LogP contribution >= 0.6 is 22.9 Å². The highest BCUT2D eigenvalue weighted by molar-refractivity contribution is 7.21. The second-order valence-corrected chi connectivity index (χ2v) is 6.08. The molecule has 0 fully saturated rings. The van der Waals surface area contributed by atoms with E-state index in [0.29, 0.717) is 10.1 Å². The summed E-state index contributed by atoms with van der Waals surface area (Å²) in [5.41, 5.74) is -2.08. The van der Waals surface area contributed by atoms with E-state index >= 15 is 0 Å². The average Bonchev–Trinajstić information content (AvgIpc) is 2.72. The van der Waals surface area contributed by atoms with Crippen LogP contribution in [-0.4, -0.2) is 34.2 Å². The minimum absolute atomic E-state index is 0.137. The van der Waals surface area contributed by atoms with Gasteiger partial charge in [-0.15, -0.1) is 11.3 Å². The van der Waals surface area contributed by atoms with Crippen LogP contribution in [0.5, 0.6) is 0 Å². The quantitative estimate of drug-likeness (QED) is 0.802. The van der Waals surface area contributed by atoms with Crippen LogP contribution < -0.4 is 5.32 Å². The van der Waals surface area contributed by atoms with Gasteiger partial charge in [-0.2, -0.15) is 0 Å². The Morgan fingerprint density at radius 3 is 2.76 bits per heavy atom. The Balaban J connectivity index is 2.24. The van der Waals surface area contributed by atoms with Crippen molar-refractivity contribution in [3.63, 3.8) is 0 Å². The fourth-order valence-electron chi connectivity index (χ4n) is 1.59. The molecule has 0 bridgehead atoms. The summed E-state index contributed by atoms with van der Waals surface area (Å²) in [5.74, 6) is -2.52. The molecule has 8 heteroatoms. The van der Waals surface area contributed by atoms with Crippen LogP contribution in [0.15, 0.2) is 18.2 Å². The molecule has 21 heavy (non-hydrogen) atoms. The zero-order valence-corrected chi connectivity index (χ0v) is 12.4. The van der Waals surface area contributed by atoms with Gasteiger partial charge in [0.2, 0.25) is 0 Å². The molecule has 2 aromatic rings. The standard InChI is InChI=1S/C13H11ClFNO4S/c1-13(20,12(18)19)5-16-11(17)10-9(14)7-3-2-6(15)4-8(7)21-10/h2-4,20H,5H2,1H3,(H,16,17)(H,18,19). The Morgan fingerprint density at radius 2 is 2.14 bits per heavy atom. The number of benzene rings is 1. The highest BCUT2D eigenvalue weighted by Crippen LogP contribution is 2.35. The third-order valence-electron chi connectivity index (χ3n) is 2.85. The van der Waals surface area contributed by atoms with Crippen LogP contribution in [0.25, 0.3) is 10.1 Å². The predicted molar refractivity (Wildman–Crippen MR) is 77.4 cm³/mol. The van der Waals surface area contributed by atoms with E-state index in [4.69, 9.17) is 16.7 Å². The monoisotopic (exact) mass is 331 g/mol. The molecule has 2 rings (SSSR count). The van der Waals surface area contributed by atoms with E-state index in [2.05, 4.69) is 5.32 Å². The van der Waals surface area contributed by atoms with Crippen molar-refractivity contribution in [2.45, 2.75) is 12.5 Å². The van der Waals surface area contributed by atoms with Crippen molar-refractivity contribution in [2.24, 2.45) is 0 Å². The van der Waals surface area contributed by atoms with E-state index in [-0.39, 0.29) is 9.90 Å². The Kier molecular flexibility index (Phi) is 4.18. The smallest absolute Gasteiger partial charge is 0.337 e. The number of amides is 1. The molecular weight excluding hydrogens is 321 g/mol. The van der Waals surface area contributed by atoms with Gasteiger partial charge in [-0.1, -0.05) is 11.6 Å². The van der Waals surface area contributed by atoms with Gasteiger partial charge in [-0.05, 0) is 25.1 Å². The molecule has 3 N–H and O–H groups in total. The first kappa shape index (κ1) is 15.7. The maximum absolute atomic E-state index is 13.1. The molecule has 0 aliphatic carbocycles. The lowest BCUT2D eigenvalue weighted by atomic mass is 10.1. The van der Waals surface area contributed by atoms with E-state index in [1.165, 1.54) is 18.2 Å². The third-order valence-corrected chi connectivity index (χ3v) is 4.51. The number of rotatable bonds is 4. The lowest BCUT2D eigenvalue weighted by Gasteiger charge is -2.17. The molecule has 0 radical (unpaired) electrons. The fraction of sp³-hybridized carbons (Fsp3) is 0.231. The molecule has 0 spiro atoms. The maximum Gasteiger partial charge on any atom is 0.337 e. The van der Waals surface area contributed by atoms with Crippen molar-refractivity contribution in [3.05, 3.63) is 33.9 Å². The predicted octanol–water partition coefficient (Wildman–Crippen LogP) is 2.26. The topological polar surface area (TPSA) is 86.6 Å². The summed E-state index contributed by atoms with van der Waals surface area (Å²) in [6.07, 6.45) is 0. The minimum atomic E-state index is -2.08. The van der Waals surface area contributed by atoms with E-state index in [9.17, 15) is 19.1 Å². The van der Waals surface area contributed by atoms with E-state index in [1.807, 2.05) is 0 Å². The van der Waals surface area contributed by atoms with Gasteiger partial charge in [0.05, 0.1) is 11.6 Å². The summed E-state index contributed by atoms with van der Waals surface area (Å²) >= 11 is 7.06. The first-order valence-corrected chi connectivity index (χ1v) is 7.03. The molecule has 1 unspecified atom stereocenters. The van der Waals surface area contributed by atoms with Crippen LogP contribution in [-0.2, 0) is 4.79 Å². The number of nitrogens with one attached hydrogen (secondary N) is 1. The number of carbonyl (C=O) groups excluding carboxylic acids is 1. The molecule has 0 saturated carbocycles. The minimum Gasteiger partial charge on any atom is -0.479 e. The average molecular weight is 332 g/mol. The summed E-state index contributed by atoms with van der Waals surface area (Å²) in [6.45, 7) is 0.595. The molecule has 0 aliphatic rings. The number of thiophene rings is 1. The highest BCUT2D eigenvalue weighted by atomic mass is 35.5. The summed E-state index contributed by atoms with van der Waals surface area (Å²) in [4.78, 5) is 22.9. The van der Waals surface area contributed by atoms with Gasteiger partial charge in [-0.3, -0.25) is 4.79 Å². The number of carboxylic acid groups (broad SMARTS) is 1. The first-order chi connectivity index (χ1) is 9.72. The number of carbonyl (C=O) groups is 2. The van der Waals surface area contributed by atoms with Gasteiger partial charge in [0.15, 0.2) is 5.60 Å². The Hall–Kier alpha value is -1.70. The number of halogens is 2. The van der Waals surface area contributed by atoms with Gasteiger partial charge in [0, 0.05) is 10.1 Å². The van der Waals surface area contributed by atoms with Gasteiger partial charge in [0.25, 0.3) is 5.91 Å². The normalized spacial score (nSPS) is 13.9. The Bertz CT molecular complexity index is 728. The van der Waals surface area contributed by atoms with Crippen molar-refractivity contribution < 1.29 is 24.2 Å². The van der Waals surface area contributed by atoms with Crippen LogP contribution in [0.4, 0.5) is 4.39 Å². The third kappa shape index (κ3) is 3.15. The van der Waals surface area contributed by atoms with Crippen molar-refractivity contribution in [3.8, 4) is 0 Å². The van der Waals surface area contributed by atoms with E-state index < -0.39 is 29.8 Å². The summed E-state index contributed by atoms with van der Waals surface area (Å²) < 4.78 is 13.6. The Morgan fingerprint density at radius 1 is 1.48 bits per heavy atom. The van der Waals surface area contributed by atoms with Crippen molar-refractivity contribution in [2.75, 3.05) is 6.54 Å². The van der Waals surface area contributed by atoms with Crippen LogP contribution in [0.3, 0.4) is 0 Å². The largest absolute Gasteiger partial charge is 0.479 e. The van der Waals surface area contributed by atoms with Gasteiger partial charge in [0.1, 0.15) is 10.7 Å². The second kappa shape index (κ2) is 5.59. The Labute approximate surface area is 128 Å². The number of hydrogen-bond acceptors (Lipinski definition) is 4. The molecule has 1 aromatic heterocycles. The van der Waals surface area contributed by atoms with Crippen LogP contribution in [0.2, 0.25) is 5.02 Å². The highest BCUT2D eigenvalue weighted by Gasteiger charge is 2.31. The van der Waals surface area contributed by atoms with Crippen LogP contribution in [0.1, 0.15) is 16.6 Å². The van der Waals surface area contributed by atoms with Crippen molar-refractivity contribution in [1.82, 2.24) is 5.32 Å². The second-order valence-electron chi connectivity index (χ2n) is 4.65. The van der Waals surface area contributed by atoms with E-state index in [1.54, 1.807) is 0 Å². The van der Waals surface area contributed by atoms with Gasteiger partial charge >= 0.3 is 5.97 Å². The zero-order valence-electron chi connectivity index (χ0n) is 10.8. The number of aliphatic carboxylic acids is 1. The van der Waals surface area contributed by atoms with Crippen molar-refractivity contribution >= 4 is 44.9 Å². The number of carboxylic acids is 1. The van der Waals surface area contributed by atoms with E-state index in [0.717, 1.165) is 18.3 Å². The van der Waals surface area contributed by atoms with Gasteiger partial charge in [-0.25, -0.2) is 9.18 Å². The number of fused-ring (bicyclic) bond motifs is 1. The lowest BCUT2D eigenvalue weighted by molar-refractivity contribution is -0.155. The fourth-order valence-corrected chi connectivity index (χ4v) is 3.05. The van der Waals surface area contributed by atoms with Crippen LogP contribution in [0, 0.1) is 5.82 Å². The molecule has 0 saturated heterocycles. The number of hydrogen-bond donors (Lipinski definition) is 3. The lowest BCUT2D eigenvalue weighted by Crippen LogP contribution is -2.46. The summed E-state index contributed by atoms with van der Waals surface area (Å²) in [6, 6.07) is 3.96. The molecule has 1 aromatic carbocycles. The molecule has 112 valence electrons. The van der Waals surface area contributed by atoms with Gasteiger partial charge < -0.3 is 15.5 Å².